The zero-order chi connectivity index (χ0) is 26.9. The molecule has 1 N–H and O–H groups in total. The molecular weight excluding hydrogens is 503 g/mol. The zero-order valence-electron chi connectivity index (χ0n) is 21.8. The lowest BCUT2D eigenvalue weighted by Crippen LogP contribution is -2.25. The molecule has 1 saturated heterocycles. The summed E-state index contributed by atoms with van der Waals surface area (Å²) in [6, 6.07) is 18.8. The minimum atomic E-state index is -0.321. The molecule has 4 aromatic heterocycles. The van der Waals surface area contributed by atoms with Gasteiger partial charge in [-0.3, -0.25) is 14.9 Å². The highest BCUT2D eigenvalue weighted by Crippen LogP contribution is 2.36. The Morgan fingerprint density at radius 3 is 2.67 bits per heavy atom. The number of rotatable bonds is 7. The van der Waals surface area contributed by atoms with Gasteiger partial charge in [-0.2, -0.15) is 0 Å². The van der Waals surface area contributed by atoms with Crippen LogP contribution in [0.5, 0.6) is 5.75 Å². The summed E-state index contributed by atoms with van der Waals surface area (Å²) in [6.07, 6.45) is 9.31. The lowest BCUT2D eigenvalue weighted by Gasteiger charge is -2.15. The van der Waals surface area contributed by atoms with Gasteiger partial charge in [0.25, 0.3) is 0 Å². The molecule has 0 saturated carbocycles. The Bertz CT molecular complexity index is 1810. The van der Waals surface area contributed by atoms with Crippen molar-refractivity contribution in [3.63, 3.8) is 0 Å². The number of aromatic nitrogens is 5. The van der Waals surface area contributed by atoms with E-state index in [0.29, 0.717) is 12.4 Å². The predicted molar refractivity (Wildman–Crippen MR) is 154 cm³/mol. The van der Waals surface area contributed by atoms with Gasteiger partial charge in [-0.15, -0.1) is 0 Å². The third kappa shape index (κ3) is 4.78. The van der Waals surface area contributed by atoms with Crippen LogP contribution < -0.4 is 4.74 Å². The lowest BCUT2D eigenvalue weighted by atomic mass is 10.0. The van der Waals surface area contributed by atoms with Crippen LogP contribution in [0.3, 0.4) is 0 Å². The summed E-state index contributed by atoms with van der Waals surface area (Å²) in [4.78, 5) is 23.8. The van der Waals surface area contributed by atoms with Crippen molar-refractivity contribution in [3.05, 3.63) is 91.4 Å². The molecule has 1 aliphatic rings. The number of nitrogens with zero attached hydrogens (tertiary/aromatic N) is 5. The highest BCUT2D eigenvalue weighted by molar-refractivity contribution is 6.01. The van der Waals surface area contributed by atoms with Crippen LogP contribution in [0.2, 0.25) is 0 Å². The number of ether oxygens (including phenoxy) is 1. The fraction of sp³-hybridized carbons (Fsp3) is 0.188. The fourth-order valence-electron chi connectivity index (χ4n) is 5.48. The highest BCUT2D eigenvalue weighted by Gasteiger charge is 2.15. The molecule has 6 aromatic rings. The molecule has 7 nitrogen and oxygen atoms in total. The van der Waals surface area contributed by atoms with E-state index >= 15 is 0 Å². The van der Waals surface area contributed by atoms with Crippen LogP contribution in [0.1, 0.15) is 12.8 Å². The Morgan fingerprint density at radius 2 is 1.80 bits per heavy atom. The average molecular weight is 531 g/mol. The molecule has 0 amide bonds. The normalized spacial score (nSPS) is 13.8. The van der Waals surface area contributed by atoms with E-state index in [0.717, 1.165) is 75.2 Å². The SMILES string of the molecule is Fc1cc(OCCN2CCCC2)cc(-c2cccc3[nH]c(-c4ncnc5cnc(-c6cccnc6)cc45)cc23)c1. The first-order valence-electron chi connectivity index (χ1n) is 13.5. The van der Waals surface area contributed by atoms with E-state index in [4.69, 9.17) is 4.74 Å². The maximum Gasteiger partial charge on any atom is 0.127 e. The van der Waals surface area contributed by atoms with E-state index in [1.807, 2.05) is 42.5 Å². The first kappa shape index (κ1) is 24.4. The van der Waals surface area contributed by atoms with Crippen molar-refractivity contribution < 1.29 is 9.13 Å². The van der Waals surface area contributed by atoms with Crippen molar-refractivity contribution in [2.24, 2.45) is 0 Å². The molecule has 0 aliphatic carbocycles. The molecule has 1 fully saturated rings. The Kier molecular flexibility index (Phi) is 6.37. The molecule has 0 atom stereocenters. The van der Waals surface area contributed by atoms with Gasteiger partial charge in [0.1, 0.15) is 24.5 Å². The maximum absolute atomic E-state index is 14.7. The molecule has 8 heteroatoms. The molecule has 1 aliphatic heterocycles. The molecule has 198 valence electrons. The molecule has 0 bridgehead atoms. The molecule has 0 radical (unpaired) electrons. The number of likely N-dealkylation sites (tertiary alicyclic amines) is 1. The second-order valence-electron chi connectivity index (χ2n) is 10.1. The second-order valence-corrected chi connectivity index (χ2v) is 10.1. The summed E-state index contributed by atoms with van der Waals surface area (Å²) in [5.74, 6) is 0.220. The smallest absolute Gasteiger partial charge is 0.127 e. The third-order valence-corrected chi connectivity index (χ3v) is 7.46. The van der Waals surface area contributed by atoms with Crippen LogP contribution in [0.4, 0.5) is 4.39 Å². The number of pyridine rings is 2. The number of H-pyrrole nitrogens is 1. The minimum Gasteiger partial charge on any atom is -0.492 e. The summed E-state index contributed by atoms with van der Waals surface area (Å²) >= 11 is 0. The first-order valence-corrected chi connectivity index (χ1v) is 13.5. The van der Waals surface area contributed by atoms with Gasteiger partial charge in [0.05, 0.1) is 28.8 Å². The van der Waals surface area contributed by atoms with Gasteiger partial charge in [0.2, 0.25) is 0 Å². The topological polar surface area (TPSA) is 79.8 Å². The number of aromatic amines is 1. The van der Waals surface area contributed by atoms with Gasteiger partial charge >= 0.3 is 0 Å². The molecule has 2 aromatic carbocycles. The van der Waals surface area contributed by atoms with E-state index in [9.17, 15) is 4.39 Å². The third-order valence-electron chi connectivity index (χ3n) is 7.46. The number of hydrogen-bond acceptors (Lipinski definition) is 6. The van der Waals surface area contributed by atoms with Crippen molar-refractivity contribution in [2.45, 2.75) is 12.8 Å². The Morgan fingerprint density at radius 1 is 0.875 bits per heavy atom. The Hall–Kier alpha value is -4.69. The largest absolute Gasteiger partial charge is 0.492 e. The number of fused-ring (bicyclic) bond motifs is 2. The first-order chi connectivity index (χ1) is 19.7. The number of nitrogens with one attached hydrogen (secondary N) is 1. The van der Waals surface area contributed by atoms with Gasteiger partial charge in [-0.05, 0) is 79.5 Å². The zero-order valence-corrected chi connectivity index (χ0v) is 21.8. The minimum absolute atomic E-state index is 0.321. The van der Waals surface area contributed by atoms with Crippen molar-refractivity contribution in [2.75, 3.05) is 26.2 Å². The van der Waals surface area contributed by atoms with Gasteiger partial charge < -0.3 is 9.72 Å². The standard InChI is InChI=1S/C32H27FN6O/c33-23-13-22(14-24(15-23)40-12-11-39-9-1-2-10-39)25-6-3-7-28-26(25)16-30(38-28)32-27-17-29(21-5-4-8-34-18-21)35-19-31(27)36-20-37-32/h3-8,13-20,38H,1-2,9-12H2. The Labute approximate surface area is 230 Å². The van der Waals surface area contributed by atoms with Crippen molar-refractivity contribution in [1.82, 2.24) is 29.8 Å². The van der Waals surface area contributed by atoms with Crippen LogP contribution in [0, 0.1) is 5.82 Å². The summed E-state index contributed by atoms with van der Waals surface area (Å²) < 4.78 is 20.7. The average Bonchev–Trinajstić information content (AvgIpc) is 3.67. The van der Waals surface area contributed by atoms with Crippen LogP contribution in [-0.2, 0) is 0 Å². The van der Waals surface area contributed by atoms with E-state index in [-0.39, 0.29) is 5.82 Å². The van der Waals surface area contributed by atoms with E-state index in [2.05, 4.69) is 35.9 Å². The summed E-state index contributed by atoms with van der Waals surface area (Å²) in [5, 5.41) is 1.85. The van der Waals surface area contributed by atoms with Crippen molar-refractivity contribution >= 4 is 21.8 Å². The number of halogens is 1. The summed E-state index contributed by atoms with van der Waals surface area (Å²) in [6.45, 7) is 3.61. The van der Waals surface area contributed by atoms with Crippen LogP contribution in [-0.4, -0.2) is 56.1 Å². The quantitative estimate of drug-likeness (QED) is 0.253. The van der Waals surface area contributed by atoms with Crippen LogP contribution in [0.25, 0.3) is 55.6 Å². The molecular formula is C32H27FN6O. The van der Waals surface area contributed by atoms with Gasteiger partial charge in [-0.25, -0.2) is 14.4 Å². The Balaban J connectivity index is 1.25. The lowest BCUT2D eigenvalue weighted by molar-refractivity contribution is 0.237. The van der Waals surface area contributed by atoms with Crippen molar-refractivity contribution in [1.29, 1.82) is 0 Å². The highest BCUT2D eigenvalue weighted by atomic mass is 19.1. The van der Waals surface area contributed by atoms with E-state index in [1.165, 1.54) is 18.9 Å². The second kappa shape index (κ2) is 10.5. The summed E-state index contributed by atoms with van der Waals surface area (Å²) in [5.41, 5.74) is 6.69. The number of hydrogen-bond donors (Lipinski definition) is 1. The van der Waals surface area contributed by atoms with E-state index < -0.39 is 0 Å². The molecule has 0 unspecified atom stereocenters. The molecule has 0 spiro atoms. The van der Waals surface area contributed by atoms with Gasteiger partial charge in [-0.1, -0.05) is 12.1 Å². The van der Waals surface area contributed by atoms with Gasteiger partial charge in [0.15, 0.2) is 0 Å². The van der Waals surface area contributed by atoms with Crippen LogP contribution in [0.15, 0.2) is 85.6 Å². The van der Waals surface area contributed by atoms with E-state index in [1.54, 1.807) is 31.0 Å². The van der Waals surface area contributed by atoms with Crippen molar-refractivity contribution in [3.8, 4) is 39.5 Å². The molecule has 5 heterocycles. The van der Waals surface area contributed by atoms with Crippen LogP contribution >= 0.6 is 0 Å². The summed E-state index contributed by atoms with van der Waals surface area (Å²) in [7, 11) is 0. The molecule has 7 rings (SSSR count). The van der Waals surface area contributed by atoms with Gasteiger partial charge in [0, 0.05) is 46.9 Å². The monoisotopic (exact) mass is 530 g/mol. The fourth-order valence-corrected chi connectivity index (χ4v) is 5.48. The molecule has 40 heavy (non-hydrogen) atoms. The predicted octanol–water partition coefficient (Wildman–Crippen LogP) is 6.52. The number of benzene rings is 2. The maximum atomic E-state index is 14.7.